The highest BCUT2D eigenvalue weighted by atomic mass is 16.5. The Bertz CT molecular complexity index is 243. The van der Waals surface area contributed by atoms with Gasteiger partial charge in [0.2, 0.25) is 0 Å². The molecule has 2 rings (SSSR count). The summed E-state index contributed by atoms with van der Waals surface area (Å²) < 4.78 is 5.77. The average molecular weight is 253 g/mol. The molecule has 2 unspecified atom stereocenters. The molecule has 106 valence electrons. The molecule has 1 aliphatic carbocycles. The van der Waals surface area contributed by atoms with E-state index in [0.29, 0.717) is 11.5 Å². The van der Waals surface area contributed by atoms with Gasteiger partial charge < -0.3 is 10.1 Å². The Balaban J connectivity index is 1.74. The van der Waals surface area contributed by atoms with Crippen LogP contribution in [0.2, 0.25) is 0 Å². The summed E-state index contributed by atoms with van der Waals surface area (Å²) >= 11 is 0. The minimum absolute atomic E-state index is 0.515. The number of nitrogens with one attached hydrogen (secondary N) is 1. The van der Waals surface area contributed by atoms with Gasteiger partial charge in [0, 0.05) is 13.2 Å². The third kappa shape index (κ3) is 4.24. The second-order valence-corrected chi connectivity index (χ2v) is 7.13. The summed E-state index contributed by atoms with van der Waals surface area (Å²) in [6.07, 6.45) is 8.64. The lowest BCUT2D eigenvalue weighted by atomic mass is 9.79. The first-order valence-electron chi connectivity index (χ1n) is 7.92. The lowest BCUT2D eigenvalue weighted by Crippen LogP contribution is -2.36. The number of hydrogen-bond donors (Lipinski definition) is 1. The lowest BCUT2D eigenvalue weighted by molar-refractivity contribution is 0.0853. The van der Waals surface area contributed by atoms with Gasteiger partial charge in [-0.25, -0.2) is 0 Å². The number of hydrogen-bond acceptors (Lipinski definition) is 2. The Kier molecular flexibility index (Phi) is 5.08. The zero-order chi connectivity index (χ0) is 13.0. The molecule has 0 amide bonds. The number of ether oxygens (including phenoxy) is 1. The predicted molar refractivity (Wildman–Crippen MR) is 76.7 cm³/mol. The lowest BCUT2D eigenvalue weighted by Gasteiger charge is -2.31. The molecular weight excluding hydrogens is 222 g/mol. The SMILES string of the molecule is CC(C)CNCC(C)(CCC1CCCO1)C1CC1. The molecule has 2 heteroatoms. The zero-order valence-corrected chi connectivity index (χ0v) is 12.5. The molecule has 1 saturated heterocycles. The van der Waals surface area contributed by atoms with Crippen molar-refractivity contribution in [1.29, 1.82) is 0 Å². The van der Waals surface area contributed by atoms with Crippen LogP contribution in [0.25, 0.3) is 0 Å². The van der Waals surface area contributed by atoms with Gasteiger partial charge in [-0.3, -0.25) is 0 Å². The normalized spacial score (nSPS) is 27.7. The smallest absolute Gasteiger partial charge is 0.0576 e. The highest BCUT2D eigenvalue weighted by molar-refractivity contribution is 4.93. The van der Waals surface area contributed by atoms with Crippen LogP contribution < -0.4 is 5.32 Å². The third-order valence-corrected chi connectivity index (χ3v) is 4.71. The maximum Gasteiger partial charge on any atom is 0.0576 e. The van der Waals surface area contributed by atoms with Gasteiger partial charge in [-0.05, 0) is 62.3 Å². The van der Waals surface area contributed by atoms with E-state index in [1.54, 1.807) is 0 Å². The first-order valence-corrected chi connectivity index (χ1v) is 7.92. The summed E-state index contributed by atoms with van der Waals surface area (Å²) in [5.41, 5.74) is 0.515. The molecule has 0 radical (unpaired) electrons. The molecule has 18 heavy (non-hydrogen) atoms. The standard InChI is InChI=1S/C16H31NO/c1-13(2)11-17-12-16(3,14-6-7-14)9-8-15-5-4-10-18-15/h13-15,17H,4-12H2,1-3H3. The Morgan fingerprint density at radius 1 is 1.28 bits per heavy atom. The molecule has 1 heterocycles. The van der Waals surface area contributed by atoms with Crippen LogP contribution >= 0.6 is 0 Å². The quantitative estimate of drug-likeness (QED) is 0.713. The van der Waals surface area contributed by atoms with Crippen LogP contribution in [0.1, 0.15) is 59.3 Å². The monoisotopic (exact) mass is 253 g/mol. The van der Waals surface area contributed by atoms with Crippen molar-refractivity contribution in [2.75, 3.05) is 19.7 Å². The highest BCUT2D eigenvalue weighted by Gasteiger charge is 2.41. The van der Waals surface area contributed by atoms with Crippen LogP contribution in [0.4, 0.5) is 0 Å². The van der Waals surface area contributed by atoms with Crippen LogP contribution in [0.5, 0.6) is 0 Å². The summed E-state index contributed by atoms with van der Waals surface area (Å²) in [6.45, 7) is 10.4. The molecule has 0 spiro atoms. The van der Waals surface area contributed by atoms with Crippen molar-refractivity contribution in [3.05, 3.63) is 0 Å². The van der Waals surface area contributed by atoms with Crippen LogP contribution in [0, 0.1) is 17.3 Å². The van der Waals surface area contributed by atoms with Crippen LogP contribution in [0.3, 0.4) is 0 Å². The molecule has 1 N–H and O–H groups in total. The largest absolute Gasteiger partial charge is 0.378 e. The fourth-order valence-electron chi connectivity index (χ4n) is 3.23. The van der Waals surface area contributed by atoms with Crippen LogP contribution in [0.15, 0.2) is 0 Å². The maximum absolute atomic E-state index is 5.77. The van der Waals surface area contributed by atoms with Crippen molar-refractivity contribution in [2.24, 2.45) is 17.3 Å². The van der Waals surface area contributed by atoms with E-state index in [2.05, 4.69) is 26.1 Å². The van der Waals surface area contributed by atoms with Crippen molar-refractivity contribution < 1.29 is 4.74 Å². The number of rotatable bonds is 8. The summed E-state index contributed by atoms with van der Waals surface area (Å²) in [4.78, 5) is 0. The molecule has 0 aromatic carbocycles. The van der Waals surface area contributed by atoms with Gasteiger partial charge in [0.15, 0.2) is 0 Å². The second-order valence-electron chi connectivity index (χ2n) is 7.13. The zero-order valence-electron chi connectivity index (χ0n) is 12.5. The Morgan fingerprint density at radius 3 is 2.61 bits per heavy atom. The van der Waals surface area contributed by atoms with E-state index in [9.17, 15) is 0 Å². The predicted octanol–water partition coefficient (Wildman–Crippen LogP) is 3.61. The maximum atomic E-state index is 5.77. The molecule has 0 aromatic heterocycles. The summed E-state index contributed by atoms with van der Waals surface area (Å²) in [5, 5.41) is 3.68. The van der Waals surface area contributed by atoms with E-state index in [4.69, 9.17) is 4.74 Å². The van der Waals surface area contributed by atoms with Crippen molar-refractivity contribution in [2.45, 2.75) is 65.4 Å². The van der Waals surface area contributed by atoms with Gasteiger partial charge in [0.05, 0.1) is 6.10 Å². The second kappa shape index (κ2) is 6.38. The molecule has 0 bridgehead atoms. The highest BCUT2D eigenvalue weighted by Crippen LogP contribution is 2.48. The average Bonchev–Trinajstić information content (AvgIpc) is 3.05. The summed E-state index contributed by atoms with van der Waals surface area (Å²) in [5.74, 6) is 1.73. The first-order chi connectivity index (χ1) is 8.60. The molecule has 1 saturated carbocycles. The molecular formula is C16H31NO. The van der Waals surface area contributed by atoms with E-state index < -0.39 is 0 Å². The van der Waals surface area contributed by atoms with Gasteiger partial charge in [-0.2, -0.15) is 0 Å². The molecule has 2 aliphatic rings. The van der Waals surface area contributed by atoms with Crippen LogP contribution in [-0.2, 0) is 4.74 Å². The van der Waals surface area contributed by atoms with E-state index in [-0.39, 0.29) is 0 Å². The van der Waals surface area contributed by atoms with Crippen molar-refractivity contribution in [3.63, 3.8) is 0 Å². The van der Waals surface area contributed by atoms with Crippen LogP contribution in [-0.4, -0.2) is 25.8 Å². The molecule has 2 atom stereocenters. The minimum atomic E-state index is 0.515. The summed E-state index contributed by atoms with van der Waals surface area (Å²) in [6, 6.07) is 0. The van der Waals surface area contributed by atoms with E-state index in [1.165, 1.54) is 45.1 Å². The van der Waals surface area contributed by atoms with Gasteiger partial charge in [-0.15, -0.1) is 0 Å². The summed E-state index contributed by atoms with van der Waals surface area (Å²) in [7, 11) is 0. The van der Waals surface area contributed by atoms with E-state index >= 15 is 0 Å². The van der Waals surface area contributed by atoms with Crippen molar-refractivity contribution in [3.8, 4) is 0 Å². The van der Waals surface area contributed by atoms with E-state index in [1.807, 2.05) is 0 Å². The van der Waals surface area contributed by atoms with Gasteiger partial charge >= 0.3 is 0 Å². The third-order valence-electron chi connectivity index (χ3n) is 4.71. The Labute approximate surface area is 113 Å². The molecule has 2 fully saturated rings. The van der Waals surface area contributed by atoms with E-state index in [0.717, 1.165) is 25.0 Å². The van der Waals surface area contributed by atoms with Gasteiger partial charge in [0.25, 0.3) is 0 Å². The molecule has 1 aliphatic heterocycles. The fourth-order valence-corrected chi connectivity index (χ4v) is 3.23. The molecule has 0 aromatic rings. The van der Waals surface area contributed by atoms with Gasteiger partial charge in [-0.1, -0.05) is 20.8 Å². The first kappa shape index (κ1) is 14.3. The Hall–Kier alpha value is -0.0800. The van der Waals surface area contributed by atoms with Gasteiger partial charge in [0.1, 0.15) is 0 Å². The Morgan fingerprint density at radius 2 is 2.06 bits per heavy atom. The topological polar surface area (TPSA) is 21.3 Å². The fraction of sp³-hybridized carbons (Fsp3) is 1.00. The molecule has 2 nitrogen and oxygen atoms in total. The van der Waals surface area contributed by atoms with Crippen molar-refractivity contribution in [1.82, 2.24) is 5.32 Å². The minimum Gasteiger partial charge on any atom is -0.378 e. The van der Waals surface area contributed by atoms with Crippen molar-refractivity contribution >= 4 is 0 Å².